The summed E-state index contributed by atoms with van der Waals surface area (Å²) >= 11 is 0. The van der Waals surface area contributed by atoms with Gasteiger partial charge in [-0.1, -0.05) is 42.5 Å². The molecule has 8 nitrogen and oxygen atoms in total. The summed E-state index contributed by atoms with van der Waals surface area (Å²) in [7, 11) is -2.21. The number of hydrogen-bond donors (Lipinski definition) is 4. The first-order chi connectivity index (χ1) is 18.0. The number of halogens is 2. The van der Waals surface area contributed by atoms with Gasteiger partial charge < -0.3 is 25.0 Å². The van der Waals surface area contributed by atoms with E-state index in [0.29, 0.717) is 12.0 Å². The molecule has 0 saturated heterocycles. The Hall–Kier alpha value is -3.41. The van der Waals surface area contributed by atoms with Gasteiger partial charge in [0.2, 0.25) is 10.0 Å². The summed E-state index contributed by atoms with van der Waals surface area (Å²) in [6.45, 7) is -2.79. The Labute approximate surface area is 221 Å². The van der Waals surface area contributed by atoms with Crippen LogP contribution in [-0.2, 0) is 22.9 Å². The highest BCUT2D eigenvalue weighted by atomic mass is 32.2. The van der Waals surface area contributed by atoms with E-state index in [1.54, 1.807) is 18.2 Å². The highest BCUT2D eigenvalue weighted by Crippen LogP contribution is 2.33. The number of ether oxygens (including phenoxy) is 2. The second kappa shape index (κ2) is 13.4. The van der Waals surface area contributed by atoms with Gasteiger partial charge in [0.15, 0.2) is 11.5 Å². The van der Waals surface area contributed by atoms with Crippen LogP contribution in [0, 0.1) is 0 Å². The number of aryl methyl sites for hydroxylation is 1. The van der Waals surface area contributed by atoms with E-state index in [4.69, 9.17) is 4.74 Å². The topological polar surface area (TPSA) is 117 Å². The Morgan fingerprint density at radius 2 is 1.71 bits per heavy atom. The number of rotatable bonds is 14. The number of phenols is 1. The summed E-state index contributed by atoms with van der Waals surface area (Å²) in [6, 6.07) is 18.8. The van der Waals surface area contributed by atoms with Gasteiger partial charge in [0, 0.05) is 12.6 Å². The van der Waals surface area contributed by atoms with Crippen LogP contribution >= 0.6 is 0 Å². The van der Waals surface area contributed by atoms with Gasteiger partial charge in [-0.3, -0.25) is 4.72 Å². The van der Waals surface area contributed by atoms with Crippen LogP contribution in [0.5, 0.6) is 17.2 Å². The molecular formula is C27H32F2N2O6S. The van der Waals surface area contributed by atoms with Crippen LogP contribution in [0.2, 0.25) is 0 Å². The normalized spacial score (nSPS) is 13.2. The zero-order chi connectivity index (χ0) is 27.7. The molecule has 0 spiro atoms. The Morgan fingerprint density at radius 1 is 0.974 bits per heavy atom. The molecule has 3 aromatic rings. The SMILES string of the molecule is COc1cc([C@@H](CCc2ccccc2)NC[C@@H](O)Cc2ccc(O)c(NS(C)(=O)=O)c2)ccc1OC(F)F. The second-order valence-electron chi connectivity index (χ2n) is 8.86. The van der Waals surface area contributed by atoms with Crippen molar-refractivity contribution in [2.75, 3.05) is 24.6 Å². The molecule has 11 heteroatoms. The van der Waals surface area contributed by atoms with E-state index in [1.165, 1.54) is 25.3 Å². The molecule has 0 aliphatic rings. The van der Waals surface area contributed by atoms with Gasteiger partial charge >= 0.3 is 6.61 Å². The molecule has 0 saturated carbocycles. The molecule has 0 amide bonds. The molecule has 0 fully saturated rings. The van der Waals surface area contributed by atoms with Crippen LogP contribution in [0.15, 0.2) is 66.7 Å². The number of nitrogens with one attached hydrogen (secondary N) is 2. The molecule has 0 aliphatic heterocycles. The summed E-state index contributed by atoms with van der Waals surface area (Å²) < 4.78 is 60.6. The average Bonchev–Trinajstić information content (AvgIpc) is 2.86. The third-order valence-electron chi connectivity index (χ3n) is 5.80. The molecule has 0 bridgehead atoms. The Balaban J connectivity index is 1.74. The second-order valence-corrected chi connectivity index (χ2v) is 10.6. The summed E-state index contributed by atoms with van der Waals surface area (Å²) in [4.78, 5) is 0. The van der Waals surface area contributed by atoms with Crippen molar-refractivity contribution in [3.63, 3.8) is 0 Å². The molecule has 0 unspecified atom stereocenters. The van der Waals surface area contributed by atoms with Gasteiger partial charge in [0.1, 0.15) is 5.75 Å². The smallest absolute Gasteiger partial charge is 0.387 e. The molecule has 38 heavy (non-hydrogen) atoms. The summed E-state index contributed by atoms with van der Waals surface area (Å²) in [6.07, 6.45) is 1.71. The highest BCUT2D eigenvalue weighted by Gasteiger charge is 2.18. The monoisotopic (exact) mass is 550 g/mol. The first kappa shape index (κ1) is 29.2. The Bertz CT molecular complexity index is 1290. The quantitative estimate of drug-likeness (QED) is 0.222. The lowest BCUT2D eigenvalue weighted by Crippen LogP contribution is -2.32. The molecule has 0 aromatic heterocycles. The molecular weight excluding hydrogens is 518 g/mol. The minimum Gasteiger partial charge on any atom is -0.506 e. The lowest BCUT2D eigenvalue weighted by molar-refractivity contribution is -0.0512. The van der Waals surface area contributed by atoms with Gasteiger partial charge in [-0.2, -0.15) is 8.78 Å². The maximum absolute atomic E-state index is 12.8. The van der Waals surface area contributed by atoms with Crippen LogP contribution in [0.25, 0.3) is 0 Å². The Kier molecular flexibility index (Phi) is 10.3. The summed E-state index contributed by atoms with van der Waals surface area (Å²) in [5.41, 5.74) is 2.55. The van der Waals surface area contributed by atoms with E-state index in [2.05, 4.69) is 14.8 Å². The largest absolute Gasteiger partial charge is 0.506 e. The number of methoxy groups -OCH3 is 1. The van der Waals surface area contributed by atoms with Crippen LogP contribution in [0.3, 0.4) is 0 Å². The summed E-state index contributed by atoms with van der Waals surface area (Å²) in [5, 5.41) is 24.0. The number of aliphatic hydroxyl groups is 1. The van der Waals surface area contributed by atoms with E-state index in [9.17, 15) is 27.4 Å². The van der Waals surface area contributed by atoms with Gasteiger partial charge in [-0.05, 0) is 60.2 Å². The van der Waals surface area contributed by atoms with E-state index in [-0.39, 0.29) is 41.9 Å². The van der Waals surface area contributed by atoms with E-state index in [0.717, 1.165) is 23.8 Å². The number of phenolic OH excluding ortho intramolecular Hbond substituents is 1. The van der Waals surface area contributed by atoms with E-state index in [1.807, 2.05) is 30.3 Å². The van der Waals surface area contributed by atoms with Crippen LogP contribution in [0.4, 0.5) is 14.5 Å². The van der Waals surface area contributed by atoms with Crippen molar-refractivity contribution in [3.05, 3.63) is 83.4 Å². The number of alkyl halides is 2. The minimum absolute atomic E-state index is 0.0316. The highest BCUT2D eigenvalue weighted by molar-refractivity contribution is 7.92. The number of benzene rings is 3. The third-order valence-corrected chi connectivity index (χ3v) is 6.39. The Morgan fingerprint density at radius 3 is 2.37 bits per heavy atom. The van der Waals surface area contributed by atoms with Gasteiger partial charge in [0.05, 0.1) is 25.2 Å². The fourth-order valence-electron chi connectivity index (χ4n) is 4.05. The van der Waals surface area contributed by atoms with Crippen molar-refractivity contribution in [2.45, 2.75) is 38.0 Å². The number of aromatic hydroxyl groups is 1. The van der Waals surface area contributed by atoms with Gasteiger partial charge in [0.25, 0.3) is 0 Å². The molecule has 3 rings (SSSR count). The number of aliphatic hydroxyl groups excluding tert-OH is 1. The lowest BCUT2D eigenvalue weighted by atomic mass is 9.98. The van der Waals surface area contributed by atoms with Crippen molar-refractivity contribution < 1.29 is 36.9 Å². The van der Waals surface area contributed by atoms with Gasteiger partial charge in [-0.15, -0.1) is 0 Å². The molecule has 3 aromatic carbocycles. The minimum atomic E-state index is -3.59. The first-order valence-corrected chi connectivity index (χ1v) is 13.8. The predicted octanol–water partition coefficient (Wildman–Crippen LogP) is 4.24. The van der Waals surface area contributed by atoms with Crippen LogP contribution < -0.4 is 19.5 Å². The predicted molar refractivity (Wildman–Crippen MR) is 141 cm³/mol. The van der Waals surface area contributed by atoms with Crippen LogP contribution in [-0.4, -0.2) is 51.3 Å². The molecule has 2 atom stereocenters. The van der Waals surface area contributed by atoms with Crippen LogP contribution in [0.1, 0.15) is 29.2 Å². The van der Waals surface area contributed by atoms with E-state index < -0.39 is 22.7 Å². The average molecular weight is 551 g/mol. The molecule has 0 radical (unpaired) electrons. The van der Waals surface area contributed by atoms with Crippen molar-refractivity contribution >= 4 is 15.7 Å². The van der Waals surface area contributed by atoms with Crippen molar-refractivity contribution in [1.82, 2.24) is 5.32 Å². The molecule has 0 heterocycles. The fourth-order valence-corrected chi connectivity index (χ4v) is 4.61. The molecule has 4 N–H and O–H groups in total. The molecule has 0 aliphatic carbocycles. The molecule has 206 valence electrons. The van der Waals surface area contributed by atoms with Crippen molar-refractivity contribution in [3.8, 4) is 17.2 Å². The zero-order valence-electron chi connectivity index (χ0n) is 21.1. The first-order valence-electron chi connectivity index (χ1n) is 11.9. The number of anilines is 1. The standard InChI is InChI=1S/C27H32F2N2O6S/c1-36-26-16-20(10-13-25(26)37-27(28)29)22(11-8-18-6-4-3-5-7-18)30-17-21(32)14-19-9-12-24(33)23(15-19)31-38(2,34)35/h3-7,9-10,12-13,15-16,21-22,27,30-33H,8,11,14,17H2,1-2H3/t21-,22+/m0/s1. The lowest BCUT2D eigenvalue weighted by Gasteiger charge is -2.23. The van der Waals surface area contributed by atoms with Crippen molar-refractivity contribution in [1.29, 1.82) is 0 Å². The maximum atomic E-state index is 12.8. The van der Waals surface area contributed by atoms with Crippen molar-refractivity contribution in [2.24, 2.45) is 0 Å². The van der Waals surface area contributed by atoms with E-state index >= 15 is 0 Å². The van der Waals surface area contributed by atoms with Gasteiger partial charge in [-0.25, -0.2) is 8.42 Å². The summed E-state index contributed by atoms with van der Waals surface area (Å²) in [5.74, 6) is -0.121. The number of hydrogen-bond acceptors (Lipinski definition) is 7. The maximum Gasteiger partial charge on any atom is 0.387 e. The third kappa shape index (κ3) is 9.16. The fraction of sp³-hybridized carbons (Fsp3) is 0.333. The number of sulfonamides is 1. The zero-order valence-corrected chi connectivity index (χ0v) is 21.9.